The summed E-state index contributed by atoms with van der Waals surface area (Å²) in [6.07, 6.45) is 2.48. The number of furan rings is 1. The molecule has 0 saturated heterocycles. The average molecular weight is 231 g/mol. The number of hydrogen-bond donors (Lipinski definition) is 1. The quantitative estimate of drug-likeness (QED) is 0.758. The van der Waals surface area contributed by atoms with Crippen LogP contribution in [0, 0.1) is 5.82 Å². The predicted molar refractivity (Wildman–Crippen MR) is 57.3 cm³/mol. The predicted octanol–water partition coefficient (Wildman–Crippen LogP) is 1.61. The molecule has 0 aliphatic carbocycles. The van der Waals surface area contributed by atoms with Gasteiger partial charge < -0.3 is 4.42 Å². The van der Waals surface area contributed by atoms with Crippen molar-refractivity contribution in [1.29, 1.82) is 0 Å². The summed E-state index contributed by atoms with van der Waals surface area (Å²) in [6.45, 7) is 0. The van der Waals surface area contributed by atoms with Gasteiger partial charge >= 0.3 is 0 Å². The minimum absolute atomic E-state index is 0.00644. The number of rotatable bonds is 1. The Morgan fingerprint density at radius 1 is 1.18 bits per heavy atom. The summed E-state index contributed by atoms with van der Waals surface area (Å²) in [5.74, 6) is -1.76. The third-order valence-electron chi connectivity index (χ3n) is 2.60. The van der Waals surface area contributed by atoms with Crippen molar-refractivity contribution in [3.05, 3.63) is 41.9 Å². The zero-order chi connectivity index (χ0) is 12.0. The molecule has 1 N–H and O–H groups in total. The minimum atomic E-state index is -0.613. The standard InChI is InChI=1S/C12H6FNO3/c13-8-2-1-6-3-4-17-11(6)10(8)7-5-9(15)14-12(7)16/h1-5H,(H,14,15,16). The van der Waals surface area contributed by atoms with Gasteiger partial charge in [0.2, 0.25) is 0 Å². The number of fused-ring (bicyclic) bond motifs is 1. The highest BCUT2D eigenvalue weighted by atomic mass is 19.1. The lowest BCUT2D eigenvalue weighted by Crippen LogP contribution is -2.22. The Kier molecular flexibility index (Phi) is 1.89. The first kappa shape index (κ1) is 9.77. The average Bonchev–Trinajstić information content (AvgIpc) is 2.85. The largest absolute Gasteiger partial charge is 0.464 e. The third kappa shape index (κ3) is 1.36. The second kappa shape index (κ2) is 3.28. The molecule has 5 heteroatoms. The number of amides is 2. The fourth-order valence-electron chi connectivity index (χ4n) is 1.86. The Morgan fingerprint density at radius 3 is 2.71 bits per heavy atom. The molecular weight excluding hydrogens is 225 g/mol. The summed E-state index contributed by atoms with van der Waals surface area (Å²) in [7, 11) is 0. The highest BCUT2D eigenvalue weighted by molar-refractivity contribution is 6.34. The van der Waals surface area contributed by atoms with Crippen LogP contribution >= 0.6 is 0 Å². The van der Waals surface area contributed by atoms with Crippen molar-refractivity contribution in [2.75, 3.05) is 0 Å². The van der Waals surface area contributed by atoms with Gasteiger partial charge in [0.15, 0.2) is 0 Å². The van der Waals surface area contributed by atoms with Crippen LogP contribution in [0.3, 0.4) is 0 Å². The highest BCUT2D eigenvalue weighted by Gasteiger charge is 2.27. The minimum Gasteiger partial charge on any atom is -0.464 e. The van der Waals surface area contributed by atoms with E-state index < -0.39 is 17.6 Å². The zero-order valence-corrected chi connectivity index (χ0v) is 8.49. The Bertz CT molecular complexity index is 684. The van der Waals surface area contributed by atoms with Gasteiger partial charge in [0, 0.05) is 11.5 Å². The molecule has 0 bridgehead atoms. The van der Waals surface area contributed by atoms with Gasteiger partial charge in [-0.1, -0.05) is 0 Å². The molecule has 4 nitrogen and oxygen atoms in total. The van der Waals surface area contributed by atoms with Crippen molar-refractivity contribution in [2.45, 2.75) is 0 Å². The highest BCUT2D eigenvalue weighted by Crippen LogP contribution is 2.30. The van der Waals surface area contributed by atoms with Crippen molar-refractivity contribution in [3.8, 4) is 0 Å². The van der Waals surface area contributed by atoms with E-state index in [2.05, 4.69) is 5.32 Å². The normalized spacial score (nSPS) is 15.2. The Labute approximate surface area is 94.7 Å². The summed E-state index contributed by atoms with van der Waals surface area (Å²) in [5.41, 5.74) is 0.282. The van der Waals surface area contributed by atoms with Crippen molar-refractivity contribution in [3.63, 3.8) is 0 Å². The lowest BCUT2D eigenvalue weighted by atomic mass is 10.0. The first-order valence-corrected chi connectivity index (χ1v) is 4.90. The molecule has 0 fully saturated rings. The van der Waals surface area contributed by atoms with Crippen LogP contribution in [-0.2, 0) is 9.59 Å². The van der Waals surface area contributed by atoms with E-state index in [1.165, 1.54) is 12.3 Å². The molecule has 17 heavy (non-hydrogen) atoms. The SMILES string of the molecule is O=C1C=C(c2c(F)ccc3ccoc23)C(=O)N1. The van der Waals surface area contributed by atoms with Gasteiger partial charge in [-0.25, -0.2) is 4.39 Å². The molecule has 2 amide bonds. The van der Waals surface area contributed by atoms with Crippen LogP contribution in [0.15, 0.2) is 35.0 Å². The van der Waals surface area contributed by atoms with E-state index in [0.29, 0.717) is 5.39 Å². The van der Waals surface area contributed by atoms with E-state index in [9.17, 15) is 14.0 Å². The van der Waals surface area contributed by atoms with Gasteiger partial charge in [-0.2, -0.15) is 0 Å². The van der Waals surface area contributed by atoms with Crippen LogP contribution in [-0.4, -0.2) is 11.8 Å². The number of halogens is 1. The maximum Gasteiger partial charge on any atom is 0.259 e. The van der Waals surface area contributed by atoms with Gasteiger partial charge in [0.1, 0.15) is 11.4 Å². The smallest absolute Gasteiger partial charge is 0.259 e. The van der Waals surface area contributed by atoms with E-state index in [0.717, 1.165) is 6.08 Å². The zero-order valence-electron chi connectivity index (χ0n) is 8.49. The van der Waals surface area contributed by atoms with Crippen LogP contribution in [0.25, 0.3) is 16.5 Å². The van der Waals surface area contributed by atoms with Crippen molar-refractivity contribution >= 4 is 28.4 Å². The molecular formula is C12H6FNO3. The fraction of sp³-hybridized carbons (Fsp3) is 0. The number of carbonyl (C=O) groups is 2. The van der Waals surface area contributed by atoms with E-state index in [1.54, 1.807) is 12.1 Å². The van der Waals surface area contributed by atoms with E-state index >= 15 is 0 Å². The monoisotopic (exact) mass is 231 g/mol. The van der Waals surface area contributed by atoms with Crippen LogP contribution in [0.5, 0.6) is 0 Å². The maximum absolute atomic E-state index is 13.8. The van der Waals surface area contributed by atoms with Crippen LogP contribution in [0.1, 0.15) is 5.56 Å². The second-order valence-electron chi connectivity index (χ2n) is 3.64. The van der Waals surface area contributed by atoms with Crippen molar-refractivity contribution in [2.24, 2.45) is 0 Å². The van der Waals surface area contributed by atoms with Gasteiger partial charge in [-0.05, 0) is 18.2 Å². The fourth-order valence-corrected chi connectivity index (χ4v) is 1.86. The molecule has 1 aliphatic rings. The molecule has 0 spiro atoms. The van der Waals surface area contributed by atoms with E-state index in [1.807, 2.05) is 0 Å². The van der Waals surface area contributed by atoms with Gasteiger partial charge in [0.25, 0.3) is 11.8 Å². The van der Waals surface area contributed by atoms with Crippen LogP contribution in [0.2, 0.25) is 0 Å². The van der Waals surface area contributed by atoms with Gasteiger partial charge in [-0.3, -0.25) is 14.9 Å². The third-order valence-corrected chi connectivity index (χ3v) is 2.60. The first-order chi connectivity index (χ1) is 8.16. The summed E-state index contributed by atoms with van der Waals surface area (Å²) in [5, 5.41) is 2.75. The van der Waals surface area contributed by atoms with E-state index in [4.69, 9.17) is 4.42 Å². The lowest BCUT2D eigenvalue weighted by Gasteiger charge is -2.03. The Morgan fingerprint density at radius 2 is 2.00 bits per heavy atom. The maximum atomic E-state index is 13.8. The number of nitrogens with one attached hydrogen (secondary N) is 1. The molecule has 1 aromatic heterocycles. The lowest BCUT2D eigenvalue weighted by molar-refractivity contribution is -0.123. The molecule has 2 aromatic rings. The van der Waals surface area contributed by atoms with Crippen molar-refractivity contribution < 1.29 is 18.4 Å². The van der Waals surface area contributed by atoms with E-state index in [-0.39, 0.29) is 16.7 Å². The topological polar surface area (TPSA) is 59.3 Å². The number of benzene rings is 1. The number of hydrogen-bond acceptors (Lipinski definition) is 3. The molecule has 2 heterocycles. The molecule has 1 aliphatic heterocycles. The molecule has 84 valence electrons. The summed E-state index contributed by atoms with van der Waals surface area (Å²) < 4.78 is 18.9. The Hall–Kier alpha value is -2.43. The molecule has 0 saturated carbocycles. The van der Waals surface area contributed by atoms with Crippen molar-refractivity contribution in [1.82, 2.24) is 5.32 Å². The Balaban J connectivity index is 2.33. The van der Waals surface area contributed by atoms with Crippen LogP contribution < -0.4 is 5.32 Å². The molecule has 3 rings (SSSR count). The number of imide groups is 1. The molecule has 0 radical (unpaired) electrons. The second-order valence-corrected chi connectivity index (χ2v) is 3.64. The summed E-state index contributed by atoms with van der Waals surface area (Å²) in [6, 6.07) is 4.45. The summed E-state index contributed by atoms with van der Waals surface area (Å²) >= 11 is 0. The number of carbonyl (C=O) groups excluding carboxylic acids is 2. The van der Waals surface area contributed by atoms with Crippen LogP contribution in [0.4, 0.5) is 4.39 Å². The molecule has 0 atom stereocenters. The summed E-state index contributed by atoms with van der Waals surface area (Å²) in [4.78, 5) is 22.6. The first-order valence-electron chi connectivity index (χ1n) is 4.90. The molecule has 0 unspecified atom stereocenters. The van der Waals surface area contributed by atoms with Gasteiger partial charge in [-0.15, -0.1) is 0 Å². The van der Waals surface area contributed by atoms with Gasteiger partial charge in [0.05, 0.1) is 17.4 Å². The molecule has 1 aromatic carbocycles.